The molecule has 0 saturated carbocycles. The Morgan fingerprint density at radius 3 is 2.65 bits per heavy atom. The van der Waals surface area contributed by atoms with Crippen molar-refractivity contribution >= 4 is 0 Å². The van der Waals surface area contributed by atoms with E-state index in [0.717, 1.165) is 18.8 Å². The Labute approximate surface area is 120 Å². The SMILES string of the molecule is COCC(NCc1cnn(-c2ccccc2)c1)C(C)C. The molecule has 2 rings (SSSR count). The summed E-state index contributed by atoms with van der Waals surface area (Å²) in [6.45, 7) is 5.93. The van der Waals surface area contributed by atoms with Crippen LogP contribution in [-0.4, -0.2) is 29.5 Å². The van der Waals surface area contributed by atoms with E-state index in [1.165, 1.54) is 5.56 Å². The molecule has 0 aliphatic rings. The second-order valence-electron chi connectivity index (χ2n) is 5.32. The average molecular weight is 273 g/mol. The zero-order chi connectivity index (χ0) is 14.4. The molecule has 0 aliphatic carbocycles. The molecule has 1 atom stereocenters. The Hall–Kier alpha value is -1.65. The largest absolute Gasteiger partial charge is 0.383 e. The minimum absolute atomic E-state index is 0.361. The first-order valence-electron chi connectivity index (χ1n) is 7.02. The number of aromatic nitrogens is 2. The second-order valence-corrected chi connectivity index (χ2v) is 5.32. The highest BCUT2D eigenvalue weighted by atomic mass is 16.5. The van der Waals surface area contributed by atoms with Crippen molar-refractivity contribution in [1.82, 2.24) is 15.1 Å². The third-order valence-corrected chi connectivity index (χ3v) is 3.38. The Balaban J connectivity index is 1.96. The Morgan fingerprint density at radius 1 is 1.25 bits per heavy atom. The van der Waals surface area contributed by atoms with Gasteiger partial charge in [0.1, 0.15) is 0 Å². The van der Waals surface area contributed by atoms with Crippen LogP contribution in [0.15, 0.2) is 42.7 Å². The van der Waals surface area contributed by atoms with E-state index in [1.807, 2.05) is 41.2 Å². The molecule has 4 heteroatoms. The molecular weight excluding hydrogens is 250 g/mol. The summed E-state index contributed by atoms with van der Waals surface area (Å²) in [7, 11) is 1.74. The standard InChI is InChI=1S/C16H23N3O/c1-13(2)16(12-20-3)17-9-14-10-18-19(11-14)15-7-5-4-6-8-15/h4-8,10-11,13,16-17H,9,12H2,1-3H3. The normalized spacial score (nSPS) is 12.8. The summed E-state index contributed by atoms with van der Waals surface area (Å²) in [4.78, 5) is 0. The summed E-state index contributed by atoms with van der Waals surface area (Å²) < 4.78 is 7.15. The minimum atomic E-state index is 0.361. The molecule has 20 heavy (non-hydrogen) atoms. The van der Waals surface area contributed by atoms with Crippen molar-refractivity contribution in [2.75, 3.05) is 13.7 Å². The summed E-state index contributed by atoms with van der Waals surface area (Å²) in [5.41, 5.74) is 2.26. The van der Waals surface area contributed by atoms with Gasteiger partial charge in [0.15, 0.2) is 0 Å². The number of ether oxygens (including phenoxy) is 1. The zero-order valence-corrected chi connectivity index (χ0v) is 12.4. The average Bonchev–Trinajstić information content (AvgIpc) is 2.93. The number of para-hydroxylation sites is 1. The van der Waals surface area contributed by atoms with Crippen molar-refractivity contribution in [2.24, 2.45) is 5.92 Å². The van der Waals surface area contributed by atoms with Gasteiger partial charge in [-0.25, -0.2) is 4.68 Å². The van der Waals surface area contributed by atoms with Crippen LogP contribution in [-0.2, 0) is 11.3 Å². The predicted octanol–water partition coefficient (Wildman–Crippen LogP) is 2.63. The van der Waals surface area contributed by atoms with E-state index in [1.54, 1.807) is 7.11 Å². The predicted molar refractivity (Wildman–Crippen MR) is 80.9 cm³/mol. The quantitative estimate of drug-likeness (QED) is 0.843. The summed E-state index contributed by atoms with van der Waals surface area (Å²) in [6, 6.07) is 10.5. The van der Waals surface area contributed by atoms with Gasteiger partial charge in [-0.05, 0) is 18.1 Å². The van der Waals surface area contributed by atoms with Crippen LogP contribution in [0.5, 0.6) is 0 Å². The molecule has 0 fully saturated rings. The van der Waals surface area contributed by atoms with Crippen molar-refractivity contribution in [2.45, 2.75) is 26.4 Å². The van der Waals surface area contributed by atoms with E-state index in [-0.39, 0.29) is 0 Å². The van der Waals surface area contributed by atoms with Crippen LogP contribution in [0.3, 0.4) is 0 Å². The summed E-state index contributed by atoms with van der Waals surface area (Å²) in [6.07, 6.45) is 3.97. The van der Waals surface area contributed by atoms with Gasteiger partial charge >= 0.3 is 0 Å². The van der Waals surface area contributed by atoms with Crippen molar-refractivity contribution in [3.8, 4) is 5.69 Å². The molecule has 0 bridgehead atoms. The smallest absolute Gasteiger partial charge is 0.0645 e. The van der Waals surface area contributed by atoms with Crippen molar-refractivity contribution in [3.63, 3.8) is 0 Å². The lowest BCUT2D eigenvalue weighted by atomic mass is 10.1. The maximum atomic E-state index is 5.24. The Kier molecular flexibility index (Phi) is 5.32. The number of benzene rings is 1. The molecule has 0 spiro atoms. The fourth-order valence-corrected chi connectivity index (χ4v) is 2.09. The van der Waals surface area contributed by atoms with Crippen LogP contribution in [0, 0.1) is 5.92 Å². The molecule has 0 amide bonds. The highest BCUT2D eigenvalue weighted by molar-refractivity contribution is 5.30. The van der Waals surface area contributed by atoms with Crippen molar-refractivity contribution < 1.29 is 4.74 Å². The van der Waals surface area contributed by atoms with E-state index in [9.17, 15) is 0 Å². The number of hydrogen-bond donors (Lipinski definition) is 1. The first kappa shape index (κ1) is 14.8. The van der Waals surface area contributed by atoms with Gasteiger partial charge in [-0.1, -0.05) is 32.0 Å². The van der Waals surface area contributed by atoms with E-state index in [2.05, 4.69) is 30.5 Å². The molecule has 2 aromatic rings. The summed E-state index contributed by atoms with van der Waals surface area (Å²) in [5, 5.41) is 7.92. The summed E-state index contributed by atoms with van der Waals surface area (Å²) in [5.74, 6) is 0.541. The zero-order valence-electron chi connectivity index (χ0n) is 12.4. The fourth-order valence-electron chi connectivity index (χ4n) is 2.09. The van der Waals surface area contributed by atoms with Crippen LogP contribution in [0.2, 0.25) is 0 Å². The Morgan fingerprint density at radius 2 is 2.00 bits per heavy atom. The Bertz CT molecular complexity index is 507. The summed E-state index contributed by atoms with van der Waals surface area (Å²) >= 11 is 0. The van der Waals surface area contributed by atoms with Gasteiger partial charge in [0.2, 0.25) is 0 Å². The van der Waals surface area contributed by atoms with E-state index in [0.29, 0.717) is 12.0 Å². The maximum absolute atomic E-state index is 5.24. The van der Waals surface area contributed by atoms with E-state index in [4.69, 9.17) is 4.74 Å². The second kappa shape index (κ2) is 7.22. The molecule has 1 heterocycles. The van der Waals surface area contributed by atoms with E-state index < -0.39 is 0 Å². The number of nitrogens with one attached hydrogen (secondary N) is 1. The lowest BCUT2D eigenvalue weighted by molar-refractivity contribution is 0.146. The van der Waals surface area contributed by atoms with Gasteiger partial charge in [-0.3, -0.25) is 0 Å². The topological polar surface area (TPSA) is 39.1 Å². The van der Waals surface area contributed by atoms with Gasteiger partial charge in [0, 0.05) is 31.5 Å². The first-order chi connectivity index (χ1) is 9.70. The van der Waals surface area contributed by atoms with Gasteiger partial charge in [-0.15, -0.1) is 0 Å². The number of hydrogen-bond acceptors (Lipinski definition) is 3. The van der Waals surface area contributed by atoms with Crippen molar-refractivity contribution in [3.05, 3.63) is 48.3 Å². The van der Waals surface area contributed by atoms with Gasteiger partial charge in [-0.2, -0.15) is 5.10 Å². The van der Waals surface area contributed by atoms with Crippen LogP contribution in [0.1, 0.15) is 19.4 Å². The van der Waals surface area contributed by atoms with Crippen LogP contribution < -0.4 is 5.32 Å². The van der Waals surface area contributed by atoms with Crippen LogP contribution in [0.25, 0.3) is 5.69 Å². The van der Waals surface area contributed by atoms with Gasteiger partial charge in [0.25, 0.3) is 0 Å². The molecule has 1 unspecified atom stereocenters. The molecule has 1 aromatic carbocycles. The highest BCUT2D eigenvalue weighted by Crippen LogP contribution is 2.09. The maximum Gasteiger partial charge on any atom is 0.0645 e. The monoisotopic (exact) mass is 273 g/mol. The van der Waals surface area contributed by atoms with E-state index >= 15 is 0 Å². The highest BCUT2D eigenvalue weighted by Gasteiger charge is 2.12. The molecule has 1 aromatic heterocycles. The van der Waals surface area contributed by atoms with Crippen LogP contribution in [0.4, 0.5) is 0 Å². The lowest BCUT2D eigenvalue weighted by Gasteiger charge is -2.21. The number of nitrogens with zero attached hydrogens (tertiary/aromatic N) is 2. The first-order valence-corrected chi connectivity index (χ1v) is 7.02. The fraction of sp³-hybridized carbons (Fsp3) is 0.438. The molecule has 108 valence electrons. The van der Waals surface area contributed by atoms with Gasteiger partial charge < -0.3 is 10.1 Å². The van der Waals surface area contributed by atoms with Gasteiger partial charge in [0.05, 0.1) is 18.5 Å². The molecule has 1 N–H and O–H groups in total. The van der Waals surface area contributed by atoms with Crippen molar-refractivity contribution in [1.29, 1.82) is 0 Å². The number of methoxy groups -OCH3 is 1. The minimum Gasteiger partial charge on any atom is -0.383 e. The molecule has 4 nitrogen and oxygen atoms in total. The lowest BCUT2D eigenvalue weighted by Crippen LogP contribution is -2.37. The molecule has 0 aliphatic heterocycles. The van der Waals surface area contributed by atoms with Crippen LogP contribution >= 0.6 is 0 Å². The third kappa shape index (κ3) is 3.92. The third-order valence-electron chi connectivity index (χ3n) is 3.38. The molecule has 0 radical (unpaired) electrons. The molecular formula is C16H23N3O. The molecule has 0 saturated heterocycles. The number of rotatable bonds is 7.